The van der Waals surface area contributed by atoms with Gasteiger partial charge in [-0.25, -0.2) is 0 Å². The molecule has 1 rings (SSSR count). The molecular formula is C10H15BrN2O. The lowest BCUT2D eigenvalue weighted by Crippen LogP contribution is -2.13. The van der Waals surface area contributed by atoms with Gasteiger partial charge < -0.3 is 15.7 Å². The predicted molar refractivity (Wildman–Crippen MR) is 62.5 cm³/mol. The second kappa shape index (κ2) is 4.77. The number of hydrogen-bond donors (Lipinski definition) is 2. The maximum absolute atomic E-state index is 9.52. The lowest BCUT2D eigenvalue weighted by molar-refractivity contribution is 0.186. The van der Waals surface area contributed by atoms with Crippen LogP contribution in [0, 0.1) is 0 Å². The van der Waals surface area contributed by atoms with Crippen LogP contribution in [0.1, 0.15) is 11.7 Å². The van der Waals surface area contributed by atoms with Gasteiger partial charge >= 0.3 is 0 Å². The molecule has 0 fully saturated rings. The molecule has 1 atom stereocenters. The molecule has 0 amide bonds. The van der Waals surface area contributed by atoms with Gasteiger partial charge in [0.1, 0.15) is 0 Å². The van der Waals surface area contributed by atoms with E-state index in [4.69, 9.17) is 5.73 Å². The molecule has 3 N–H and O–H groups in total. The number of aliphatic hydroxyl groups excluding tert-OH is 1. The van der Waals surface area contributed by atoms with Gasteiger partial charge in [-0.15, -0.1) is 0 Å². The third-order valence-corrected chi connectivity index (χ3v) is 2.70. The number of anilines is 1. The van der Waals surface area contributed by atoms with Gasteiger partial charge in [-0.1, -0.05) is 6.07 Å². The highest BCUT2D eigenvalue weighted by molar-refractivity contribution is 9.10. The van der Waals surface area contributed by atoms with Crippen LogP contribution in [0.2, 0.25) is 0 Å². The van der Waals surface area contributed by atoms with E-state index in [0.29, 0.717) is 0 Å². The standard InChI is InChI=1S/C10H15BrN2O/c1-13(2)9-4-3-7(5-8(9)11)10(14)6-12/h3-5,10,14H,6,12H2,1-2H3. The van der Waals surface area contributed by atoms with Crippen molar-refractivity contribution in [1.82, 2.24) is 0 Å². The first-order valence-corrected chi connectivity index (χ1v) is 5.20. The van der Waals surface area contributed by atoms with Gasteiger partial charge in [-0.05, 0) is 33.6 Å². The minimum atomic E-state index is -0.581. The average Bonchev–Trinajstić information content (AvgIpc) is 2.15. The Morgan fingerprint density at radius 3 is 2.57 bits per heavy atom. The summed E-state index contributed by atoms with van der Waals surface area (Å²) >= 11 is 3.45. The maximum Gasteiger partial charge on any atom is 0.0912 e. The third-order valence-electron chi connectivity index (χ3n) is 2.06. The van der Waals surface area contributed by atoms with Crippen LogP contribution >= 0.6 is 15.9 Å². The van der Waals surface area contributed by atoms with Crippen molar-refractivity contribution in [3.05, 3.63) is 28.2 Å². The lowest BCUT2D eigenvalue weighted by atomic mass is 10.1. The van der Waals surface area contributed by atoms with Gasteiger partial charge in [0.2, 0.25) is 0 Å². The highest BCUT2D eigenvalue weighted by atomic mass is 79.9. The molecule has 0 aliphatic rings. The molecule has 0 bridgehead atoms. The summed E-state index contributed by atoms with van der Waals surface area (Å²) < 4.78 is 0.965. The Bertz CT molecular complexity index is 315. The van der Waals surface area contributed by atoms with Crippen LogP contribution in [0.3, 0.4) is 0 Å². The van der Waals surface area contributed by atoms with Crippen molar-refractivity contribution in [2.24, 2.45) is 5.73 Å². The Kier molecular flexibility index (Phi) is 3.92. The molecule has 0 aliphatic heterocycles. The highest BCUT2D eigenvalue weighted by Crippen LogP contribution is 2.27. The van der Waals surface area contributed by atoms with Crippen LogP contribution in [0.5, 0.6) is 0 Å². The van der Waals surface area contributed by atoms with Crippen LogP contribution < -0.4 is 10.6 Å². The van der Waals surface area contributed by atoms with E-state index in [1.807, 2.05) is 37.2 Å². The fourth-order valence-corrected chi connectivity index (χ4v) is 1.98. The molecular weight excluding hydrogens is 244 g/mol. The van der Waals surface area contributed by atoms with Gasteiger partial charge in [0.05, 0.1) is 11.8 Å². The van der Waals surface area contributed by atoms with E-state index >= 15 is 0 Å². The van der Waals surface area contributed by atoms with E-state index in [0.717, 1.165) is 15.7 Å². The summed E-state index contributed by atoms with van der Waals surface area (Å²) in [6.07, 6.45) is -0.581. The van der Waals surface area contributed by atoms with Crippen molar-refractivity contribution in [2.45, 2.75) is 6.10 Å². The molecule has 1 aromatic rings. The van der Waals surface area contributed by atoms with Crippen LogP contribution in [0.4, 0.5) is 5.69 Å². The minimum absolute atomic E-state index is 0.244. The van der Waals surface area contributed by atoms with Crippen molar-refractivity contribution in [1.29, 1.82) is 0 Å². The summed E-state index contributed by atoms with van der Waals surface area (Å²) in [5.41, 5.74) is 7.30. The average molecular weight is 259 g/mol. The first-order valence-electron chi connectivity index (χ1n) is 4.41. The van der Waals surface area contributed by atoms with E-state index in [1.54, 1.807) is 0 Å². The quantitative estimate of drug-likeness (QED) is 0.865. The van der Waals surface area contributed by atoms with Crippen LogP contribution in [0.25, 0.3) is 0 Å². The summed E-state index contributed by atoms with van der Waals surface area (Å²) in [6.45, 7) is 0.244. The van der Waals surface area contributed by atoms with Crippen molar-refractivity contribution < 1.29 is 5.11 Å². The molecule has 0 spiro atoms. The highest BCUT2D eigenvalue weighted by Gasteiger charge is 2.08. The zero-order chi connectivity index (χ0) is 10.7. The monoisotopic (exact) mass is 258 g/mol. The normalized spacial score (nSPS) is 12.6. The topological polar surface area (TPSA) is 49.5 Å². The SMILES string of the molecule is CN(C)c1ccc(C(O)CN)cc1Br. The number of aliphatic hydroxyl groups is 1. The summed E-state index contributed by atoms with van der Waals surface area (Å²) in [7, 11) is 3.94. The molecule has 1 aromatic carbocycles. The minimum Gasteiger partial charge on any atom is -0.387 e. The van der Waals surface area contributed by atoms with Gasteiger partial charge in [0.15, 0.2) is 0 Å². The van der Waals surface area contributed by atoms with E-state index in [9.17, 15) is 5.11 Å². The van der Waals surface area contributed by atoms with Gasteiger partial charge in [0.25, 0.3) is 0 Å². The summed E-state index contributed by atoms with van der Waals surface area (Å²) in [5.74, 6) is 0. The number of rotatable bonds is 3. The van der Waals surface area contributed by atoms with Gasteiger partial charge in [0, 0.05) is 25.1 Å². The smallest absolute Gasteiger partial charge is 0.0912 e. The maximum atomic E-state index is 9.52. The molecule has 0 heterocycles. The van der Waals surface area contributed by atoms with Crippen molar-refractivity contribution in [3.8, 4) is 0 Å². The van der Waals surface area contributed by atoms with E-state index in [1.165, 1.54) is 0 Å². The number of hydrogen-bond acceptors (Lipinski definition) is 3. The third kappa shape index (κ3) is 2.47. The molecule has 78 valence electrons. The summed E-state index contributed by atoms with van der Waals surface area (Å²) in [6, 6.07) is 5.74. The summed E-state index contributed by atoms with van der Waals surface area (Å²) in [5, 5.41) is 9.52. The van der Waals surface area contributed by atoms with Crippen LogP contribution in [0.15, 0.2) is 22.7 Å². The molecule has 3 nitrogen and oxygen atoms in total. The second-order valence-electron chi connectivity index (χ2n) is 3.36. The van der Waals surface area contributed by atoms with Crippen molar-refractivity contribution in [2.75, 3.05) is 25.5 Å². The van der Waals surface area contributed by atoms with Gasteiger partial charge in [-0.2, -0.15) is 0 Å². The number of nitrogens with zero attached hydrogens (tertiary/aromatic N) is 1. The molecule has 0 saturated heterocycles. The predicted octanol–water partition coefficient (Wildman–Crippen LogP) is 1.51. The molecule has 0 aromatic heterocycles. The van der Waals surface area contributed by atoms with Crippen molar-refractivity contribution >= 4 is 21.6 Å². The molecule has 0 radical (unpaired) electrons. The first-order chi connectivity index (χ1) is 6.56. The number of halogens is 1. The molecule has 14 heavy (non-hydrogen) atoms. The van der Waals surface area contributed by atoms with Crippen LogP contribution in [-0.4, -0.2) is 25.7 Å². The van der Waals surface area contributed by atoms with Crippen LogP contribution in [-0.2, 0) is 0 Å². The largest absolute Gasteiger partial charge is 0.387 e. The second-order valence-corrected chi connectivity index (χ2v) is 4.21. The molecule has 4 heteroatoms. The lowest BCUT2D eigenvalue weighted by Gasteiger charge is -2.16. The number of benzene rings is 1. The fraction of sp³-hybridized carbons (Fsp3) is 0.400. The Morgan fingerprint density at radius 1 is 1.50 bits per heavy atom. The van der Waals surface area contributed by atoms with E-state index in [2.05, 4.69) is 15.9 Å². The Balaban J connectivity index is 3.00. The molecule has 0 saturated carbocycles. The Hall–Kier alpha value is -0.580. The van der Waals surface area contributed by atoms with E-state index < -0.39 is 6.10 Å². The summed E-state index contributed by atoms with van der Waals surface area (Å²) in [4.78, 5) is 2.00. The van der Waals surface area contributed by atoms with Gasteiger partial charge in [-0.3, -0.25) is 0 Å². The number of nitrogens with two attached hydrogens (primary N) is 1. The van der Waals surface area contributed by atoms with E-state index in [-0.39, 0.29) is 6.54 Å². The van der Waals surface area contributed by atoms with Crippen molar-refractivity contribution in [3.63, 3.8) is 0 Å². The molecule has 0 aliphatic carbocycles. The Morgan fingerprint density at radius 2 is 2.14 bits per heavy atom. The fourth-order valence-electron chi connectivity index (χ4n) is 1.23. The Labute approximate surface area is 92.7 Å². The zero-order valence-corrected chi connectivity index (χ0v) is 9.95. The molecule has 1 unspecified atom stereocenters. The first kappa shape index (κ1) is 11.5. The zero-order valence-electron chi connectivity index (χ0n) is 8.37.